The van der Waals surface area contributed by atoms with Gasteiger partial charge in [-0.3, -0.25) is 0 Å². The molecule has 2 rings (SSSR count). The fourth-order valence-electron chi connectivity index (χ4n) is 2.53. The molecule has 0 aromatic heterocycles. The predicted molar refractivity (Wildman–Crippen MR) is 72.8 cm³/mol. The zero-order valence-corrected chi connectivity index (χ0v) is 11.4. The first-order valence-electron chi connectivity index (χ1n) is 6.89. The topological polar surface area (TPSA) is 44.5 Å². The molecule has 19 heavy (non-hydrogen) atoms. The highest BCUT2D eigenvalue weighted by Gasteiger charge is 2.17. The van der Waals surface area contributed by atoms with Gasteiger partial charge < -0.3 is 15.2 Å². The molecule has 0 amide bonds. The van der Waals surface area contributed by atoms with E-state index in [0.717, 1.165) is 32.3 Å². The van der Waals surface area contributed by atoms with Crippen LogP contribution in [0.2, 0.25) is 0 Å². The fourth-order valence-corrected chi connectivity index (χ4v) is 2.53. The summed E-state index contributed by atoms with van der Waals surface area (Å²) in [5.74, 6) is -0.0126. The molecule has 0 saturated carbocycles. The van der Waals surface area contributed by atoms with Crippen molar-refractivity contribution in [3.63, 3.8) is 0 Å². The molecule has 1 heterocycles. The lowest BCUT2D eigenvalue weighted by Crippen LogP contribution is -2.25. The van der Waals surface area contributed by atoms with Crippen molar-refractivity contribution in [2.45, 2.75) is 44.2 Å². The molecule has 106 valence electrons. The van der Waals surface area contributed by atoms with Gasteiger partial charge >= 0.3 is 0 Å². The van der Waals surface area contributed by atoms with Crippen LogP contribution in [0.3, 0.4) is 0 Å². The maximum Gasteiger partial charge on any atom is 0.168 e. The lowest BCUT2D eigenvalue weighted by molar-refractivity contribution is 0.101. The predicted octanol–water partition coefficient (Wildman–Crippen LogP) is 2.66. The largest absolute Gasteiger partial charge is 0.494 e. The van der Waals surface area contributed by atoms with Gasteiger partial charge in [-0.15, -0.1) is 0 Å². The van der Waals surface area contributed by atoms with Crippen molar-refractivity contribution in [2.24, 2.45) is 5.73 Å². The summed E-state index contributed by atoms with van der Waals surface area (Å²) in [6.07, 6.45) is 4.98. The van der Waals surface area contributed by atoms with Crippen molar-refractivity contribution in [1.82, 2.24) is 0 Å². The van der Waals surface area contributed by atoms with Crippen molar-refractivity contribution in [1.29, 1.82) is 0 Å². The molecule has 0 spiro atoms. The minimum Gasteiger partial charge on any atom is -0.494 e. The lowest BCUT2D eigenvalue weighted by atomic mass is 9.99. The summed E-state index contributed by atoms with van der Waals surface area (Å²) in [7, 11) is 1.47. The van der Waals surface area contributed by atoms with Gasteiger partial charge in [0.15, 0.2) is 11.6 Å². The number of ether oxygens (including phenoxy) is 2. The van der Waals surface area contributed by atoms with Crippen molar-refractivity contribution < 1.29 is 13.9 Å². The van der Waals surface area contributed by atoms with E-state index in [1.807, 2.05) is 0 Å². The van der Waals surface area contributed by atoms with Gasteiger partial charge in [-0.05, 0) is 43.7 Å². The molecule has 1 aliphatic rings. The second kappa shape index (κ2) is 6.87. The Balaban J connectivity index is 1.85. The standard InChI is InChI=1S/C15H22FNO2/c1-18-14-6-2-4-11(15(14)16)10-12(17)7-8-13-5-3-9-19-13/h2,4,6,12-13H,3,5,7-10,17H2,1H3. The smallest absolute Gasteiger partial charge is 0.168 e. The van der Waals surface area contributed by atoms with E-state index in [1.165, 1.54) is 7.11 Å². The molecule has 0 bridgehead atoms. The van der Waals surface area contributed by atoms with E-state index >= 15 is 0 Å². The van der Waals surface area contributed by atoms with E-state index in [-0.39, 0.29) is 17.6 Å². The first-order valence-corrected chi connectivity index (χ1v) is 6.89. The molecule has 0 aliphatic carbocycles. The Bertz CT molecular complexity index is 405. The summed E-state index contributed by atoms with van der Waals surface area (Å²) in [4.78, 5) is 0. The maximum absolute atomic E-state index is 14.0. The molecule has 4 heteroatoms. The van der Waals surface area contributed by atoms with Crippen LogP contribution in [0.5, 0.6) is 5.75 Å². The first kappa shape index (κ1) is 14.3. The average Bonchev–Trinajstić information content (AvgIpc) is 2.92. The lowest BCUT2D eigenvalue weighted by Gasteiger charge is -2.15. The Morgan fingerprint density at radius 3 is 3.05 bits per heavy atom. The van der Waals surface area contributed by atoms with Crippen molar-refractivity contribution >= 4 is 0 Å². The van der Waals surface area contributed by atoms with E-state index in [9.17, 15) is 4.39 Å². The number of nitrogens with two attached hydrogens (primary N) is 1. The van der Waals surface area contributed by atoms with Crippen LogP contribution in [0.25, 0.3) is 0 Å². The molecule has 2 N–H and O–H groups in total. The summed E-state index contributed by atoms with van der Waals surface area (Å²) in [6.45, 7) is 0.865. The van der Waals surface area contributed by atoms with Gasteiger partial charge in [0.05, 0.1) is 13.2 Å². The Morgan fingerprint density at radius 2 is 2.37 bits per heavy atom. The molecule has 1 fully saturated rings. The monoisotopic (exact) mass is 267 g/mol. The molecule has 2 unspecified atom stereocenters. The normalized spacial score (nSPS) is 20.5. The maximum atomic E-state index is 14.0. The van der Waals surface area contributed by atoms with Gasteiger partial charge in [0.25, 0.3) is 0 Å². The molecule has 1 aromatic rings. The van der Waals surface area contributed by atoms with Crippen LogP contribution in [0.1, 0.15) is 31.2 Å². The Hall–Kier alpha value is -1.13. The molecular formula is C15H22FNO2. The van der Waals surface area contributed by atoms with E-state index < -0.39 is 0 Å². The fraction of sp³-hybridized carbons (Fsp3) is 0.600. The highest BCUT2D eigenvalue weighted by molar-refractivity contribution is 5.31. The first-order chi connectivity index (χ1) is 9.20. The van der Waals surface area contributed by atoms with Crippen LogP contribution in [0.15, 0.2) is 18.2 Å². The van der Waals surface area contributed by atoms with Crippen LogP contribution in [-0.2, 0) is 11.2 Å². The number of rotatable bonds is 6. The van der Waals surface area contributed by atoms with Crippen molar-refractivity contribution in [3.05, 3.63) is 29.6 Å². The molecule has 2 atom stereocenters. The second-order valence-electron chi connectivity index (χ2n) is 5.11. The summed E-state index contributed by atoms with van der Waals surface area (Å²) in [6, 6.07) is 5.15. The second-order valence-corrected chi connectivity index (χ2v) is 5.11. The molecule has 1 saturated heterocycles. The Morgan fingerprint density at radius 1 is 1.53 bits per heavy atom. The quantitative estimate of drug-likeness (QED) is 0.861. The third kappa shape index (κ3) is 3.91. The minimum atomic E-state index is -0.294. The Kier molecular flexibility index (Phi) is 5.16. The van der Waals surface area contributed by atoms with E-state index in [2.05, 4.69) is 0 Å². The third-order valence-corrected chi connectivity index (χ3v) is 3.63. The summed E-state index contributed by atoms with van der Waals surface area (Å²) in [5.41, 5.74) is 6.71. The number of benzene rings is 1. The van der Waals surface area contributed by atoms with Gasteiger partial charge in [0.2, 0.25) is 0 Å². The zero-order chi connectivity index (χ0) is 13.7. The Labute approximate surface area is 113 Å². The number of hydrogen-bond acceptors (Lipinski definition) is 3. The number of halogens is 1. The van der Waals surface area contributed by atoms with Gasteiger partial charge in [0, 0.05) is 12.6 Å². The summed E-state index contributed by atoms with van der Waals surface area (Å²) in [5, 5.41) is 0. The number of hydrogen-bond donors (Lipinski definition) is 1. The summed E-state index contributed by atoms with van der Waals surface area (Å²) < 4.78 is 24.5. The van der Waals surface area contributed by atoms with Crippen LogP contribution >= 0.6 is 0 Å². The van der Waals surface area contributed by atoms with E-state index in [4.69, 9.17) is 15.2 Å². The van der Waals surface area contributed by atoms with Crippen LogP contribution < -0.4 is 10.5 Å². The van der Waals surface area contributed by atoms with Gasteiger partial charge in [-0.2, -0.15) is 0 Å². The van der Waals surface area contributed by atoms with E-state index in [1.54, 1.807) is 18.2 Å². The van der Waals surface area contributed by atoms with Gasteiger partial charge in [-0.1, -0.05) is 12.1 Å². The SMILES string of the molecule is COc1cccc(CC(N)CCC2CCCO2)c1F. The van der Waals surface area contributed by atoms with Crippen LogP contribution in [0, 0.1) is 5.82 Å². The minimum absolute atomic E-state index is 0.0363. The van der Waals surface area contributed by atoms with Crippen LogP contribution in [0.4, 0.5) is 4.39 Å². The van der Waals surface area contributed by atoms with E-state index in [0.29, 0.717) is 18.1 Å². The summed E-state index contributed by atoms with van der Waals surface area (Å²) >= 11 is 0. The zero-order valence-electron chi connectivity index (χ0n) is 11.4. The molecular weight excluding hydrogens is 245 g/mol. The van der Waals surface area contributed by atoms with Gasteiger partial charge in [-0.25, -0.2) is 4.39 Å². The van der Waals surface area contributed by atoms with Crippen LogP contribution in [-0.4, -0.2) is 25.9 Å². The van der Waals surface area contributed by atoms with Crippen molar-refractivity contribution in [2.75, 3.05) is 13.7 Å². The molecule has 0 radical (unpaired) electrons. The molecule has 1 aromatic carbocycles. The molecule has 1 aliphatic heterocycles. The molecule has 3 nitrogen and oxygen atoms in total. The van der Waals surface area contributed by atoms with Crippen molar-refractivity contribution in [3.8, 4) is 5.75 Å². The number of methoxy groups -OCH3 is 1. The third-order valence-electron chi connectivity index (χ3n) is 3.63. The highest BCUT2D eigenvalue weighted by atomic mass is 19.1. The average molecular weight is 267 g/mol. The van der Waals surface area contributed by atoms with Gasteiger partial charge in [0.1, 0.15) is 0 Å². The highest BCUT2D eigenvalue weighted by Crippen LogP contribution is 2.22.